The van der Waals surface area contributed by atoms with Crippen LogP contribution in [0.2, 0.25) is 0 Å². The molecule has 0 fully saturated rings. The minimum Gasteiger partial charge on any atom is -0.469 e. The number of sulfonamides is 1. The van der Waals surface area contributed by atoms with Gasteiger partial charge >= 0.3 is 5.97 Å². The highest BCUT2D eigenvalue weighted by Gasteiger charge is 2.17. The Morgan fingerprint density at radius 2 is 1.87 bits per heavy atom. The molecule has 1 aliphatic carbocycles. The molecule has 0 aromatic heterocycles. The SMILES string of the molecule is COC(=O)CCCCCNS(=O)(=O)c1ccc2c(c1)CCCC2. The summed E-state index contributed by atoms with van der Waals surface area (Å²) in [5.41, 5.74) is 2.44. The van der Waals surface area contributed by atoms with Crippen molar-refractivity contribution in [1.82, 2.24) is 4.72 Å². The van der Waals surface area contributed by atoms with Crippen LogP contribution in [0.25, 0.3) is 0 Å². The van der Waals surface area contributed by atoms with Crippen LogP contribution in [0.5, 0.6) is 0 Å². The van der Waals surface area contributed by atoms with E-state index in [4.69, 9.17) is 0 Å². The fourth-order valence-electron chi connectivity index (χ4n) is 2.84. The van der Waals surface area contributed by atoms with E-state index < -0.39 is 10.0 Å². The number of nitrogens with one attached hydrogen (secondary N) is 1. The molecule has 2 rings (SSSR count). The fourth-order valence-corrected chi connectivity index (χ4v) is 3.96. The molecule has 128 valence electrons. The zero-order chi connectivity index (χ0) is 16.7. The molecule has 0 heterocycles. The van der Waals surface area contributed by atoms with Gasteiger partial charge in [-0.05, 0) is 61.8 Å². The molecule has 0 atom stereocenters. The number of methoxy groups -OCH3 is 1. The number of ether oxygens (including phenoxy) is 1. The van der Waals surface area contributed by atoms with Crippen LogP contribution in [-0.4, -0.2) is 28.0 Å². The summed E-state index contributed by atoms with van der Waals surface area (Å²) < 4.78 is 31.8. The molecule has 0 aliphatic heterocycles. The summed E-state index contributed by atoms with van der Waals surface area (Å²) in [7, 11) is -2.07. The van der Waals surface area contributed by atoms with Crippen molar-refractivity contribution in [2.45, 2.75) is 56.3 Å². The molecule has 1 aliphatic rings. The summed E-state index contributed by atoms with van der Waals surface area (Å²) >= 11 is 0. The third-order valence-corrected chi connectivity index (χ3v) is 5.67. The highest BCUT2D eigenvalue weighted by molar-refractivity contribution is 7.89. The van der Waals surface area contributed by atoms with Gasteiger partial charge in [0.2, 0.25) is 10.0 Å². The molecule has 1 aromatic carbocycles. The Morgan fingerprint density at radius 3 is 2.61 bits per heavy atom. The summed E-state index contributed by atoms with van der Waals surface area (Å²) in [4.78, 5) is 11.3. The van der Waals surface area contributed by atoms with Crippen molar-refractivity contribution < 1.29 is 17.9 Å². The van der Waals surface area contributed by atoms with Crippen LogP contribution in [0.4, 0.5) is 0 Å². The molecule has 6 heteroatoms. The van der Waals surface area contributed by atoms with Gasteiger partial charge in [-0.3, -0.25) is 4.79 Å². The van der Waals surface area contributed by atoms with E-state index in [0.717, 1.165) is 31.2 Å². The topological polar surface area (TPSA) is 72.5 Å². The molecule has 1 aromatic rings. The zero-order valence-corrected chi connectivity index (χ0v) is 14.5. The number of aryl methyl sites for hydroxylation is 2. The zero-order valence-electron chi connectivity index (χ0n) is 13.6. The van der Waals surface area contributed by atoms with Crippen molar-refractivity contribution in [3.8, 4) is 0 Å². The smallest absolute Gasteiger partial charge is 0.305 e. The van der Waals surface area contributed by atoms with E-state index in [0.29, 0.717) is 30.7 Å². The lowest BCUT2D eigenvalue weighted by atomic mass is 9.92. The highest BCUT2D eigenvalue weighted by Crippen LogP contribution is 2.24. The molecule has 0 bridgehead atoms. The van der Waals surface area contributed by atoms with Gasteiger partial charge in [-0.2, -0.15) is 0 Å². The second-order valence-corrected chi connectivity index (χ2v) is 7.69. The van der Waals surface area contributed by atoms with Crippen molar-refractivity contribution in [1.29, 1.82) is 0 Å². The maximum absolute atomic E-state index is 12.3. The summed E-state index contributed by atoms with van der Waals surface area (Å²) in [6.07, 6.45) is 6.92. The van der Waals surface area contributed by atoms with Gasteiger partial charge in [0.15, 0.2) is 0 Å². The molecule has 0 amide bonds. The predicted molar refractivity (Wildman–Crippen MR) is 88.8 cm³/mol. The summed E-state index contributed by atoms with van der Waals surface area (Å²) in [5.74, 6) is -0.223. The Balaban J connectivity index is 1.81. The third-order valence-electron chi connectivity index (χ3n) is 4.21. The monoisotopic (exact) mass is 339 g/mol. The third kappa shape index (κ3) is 5.32. The van der Waals surface area contributed by atoms with Gasteiger partial charge in [0.05, 0.1) is 12.0 Å². The van der Waals surface area contributed by atoms with Gasteiger partial charge in [-0.1, -0.05) is 12.5 Å². The first-order valence-corrected chi connectivity index (χ1v) is 9.69. The van der Waals surface area contributed by atoms with Crippen molar-refractivity contribution in [2.24, 2.45) is 0 Å². The highest BCUT2D eigenvalue weighted by atomic mass is 32.2. The maximum atomic E-state index is 12.3. The molecule has 0 radical (unpaired) electrons. The molecule has 23 heavy (non-hydrogen) atoms. The van der Waals surface area contributed by atoms with Gasteiger partial charge < -0.3 is 4.74 Å². The first kappa shape index (κ1) is 17.9. The molecular formula is C17H25NO4S. The number of hydrogen-bond donors (Lipinski definition) is 1. The number of benzene rings is 1. The lowest BCUT2D eigenvalue weighted by Crippen LogP contribution is -2.25. The Kier molecular flexibility index (Phi) is 6.59. The van der Waals surface area contributed by atoms with E-state index in [1.807, 2.05) is 12.1 Å². The lowest BCUT2D eigenvalue weighted by Gasteiger charge is -2.16. The first-order valence-electron chi connectivity index (χ1n) is 8.21. The van der Waals surface area contributed by atoms with Gasteiger partial charge in [0, 0.05) is 13.0 Å². The maximum Gasteiger partial charge on any atom is 0.305 e. The second-order valence-electron chi connectivity index (χ2n) is 5.92. The number of carbonyl (C=O) groups excluding carboxylic acids is 1. The van der Waals surface area contributed by atoms with E-state index >= 15 is 0 Å². The molecular weight excluding hydrogens is 314 g/mol. The van der Waals surface area contributed by atoms with Crippen LogP contribution in [-0.2, 0) is 32.4 Å². The van der Waals surface area contributed by atoms with E-state index in [1.165, 1.54) is 19.1 Å². The first-order chi connectivity index (χ1) is 11.0. The summed E-state index contributed by atoms with van der Waals surface area (Å²) in [6.45, 7) is 0.389. The number of carbonyl (C=O) groups is 1. The standard InChI is InChI=1S/C17H25NO4S/c1-22-17(19)9-3-2-6-12-18-23(20,21)16-11-10-14-7-4-5-8-15(14)13-16/h10-11,13,18H,2-9,12H2,1H3. The molecule has 1 N–H and O–H groups in total. The number of hydrogen-bond acceptors (Lipinski definition) is 4. The minimum absolute atomic E-state index is 0.223. The second kappa shape index (κ2) is 8.45. The molecule has 0 spiro atoms. The van der Waals surface area contributed by atoms with Gasteiger partial charge in [-0.25, -0.2) is 13.1 Å². The Labute approximate surface area is 138 Å². The van der Waals surface area contributed by atoms with E-state index in [2.05, 4.69) is 9.46 Å². The van der Waals surface area contributed by atoms with E-state index in [9.17, 15) is 13.2 Å². The predicted octanol–water partition coefficient (Wildman–Crippen LogP) is 2.58. The largest absolute Gasteiger partial charge is 0.469 e. The summed E-state index contributed by atoms with van der Waals surface area (Å²) in [5, 5.41) is 0. The van der Waals surface area contributed by atoms with Crippen molar-refractivity contribution in [3.63, 3.8) is 0 Å². The summed E-state index contributed by atoms with van der Waals surface area (Å²) in [6, 6.07) is 5.46. The Bertz CT molecular complexity index is 640. The Hall–Kier alpha value is -1.40. The van der Waals surface area contributed by atoms with Crippen LogP contribution in [0, 0.1) is 0 Å². The number of rotatable bonds is 8. The van der Waals surface area contributed by atoms with Gasteiger partial charge in [0.1, 0.15) is 0 Å². The van der Waals surface area contributed by atoms with Crippen LogP contribution < -0.4 is 4.72 Å². The van der Waals surface area contributed by atoms with Gasteiger partial charge in [-0.15, -0.1) is 0 Å². The average Bonchev–Trinajstić information content (AvgIpc) is 2.57. The minimum atomic E-state index is -3.44. The molecule has 0 saturated heterocycles. The molecule has 5 nitrogen and oxygen atoms in total. The molecule has 0 unspecified atom stereocenters. The fraction of sp³-hybridized carbons (Fsp3) is 0.588. The van der Waals surface area contributed by atoms with Crippen LogP contribution in [0.3, 0.4) is 0 Å². The molecule has 0 saturated carbocycles. The quantitative estimate of drug-likeness (QED) is 0.584. The average molecular weight is 339 g/mol. The van der Waals surface area contributed by atoms with E-state index in [1.54, 1.807) is 6.07 Å². The van der Waals surface area contributed by atoms with E-state index in [-0.39, 0.29) is 5.97 Å². The van der Waals surface area contributed by atoms with Gasteiger partial charge in [0.25, 0.3) is 0 Å². The lowest BCUT2D eigenvalue weighted by molar-refractivity contribution is -0.140. The Morgan fingerprint density at radius 1 is 1.13 bits per heavy atom. The number of unbranched alkanes of at least 4 members (excludes halogenated alkanes) is 2. The normalized spacial score (nSPS) is 14.3. The van der Waals surface area contributed by atoms with Crippen molar-refractivity contribution in [2.75, 3.05) is 13.7 Å². The van der Waals surface area contributed by atoms with Crippen LogP contribution in [0.15, 0.2) is 23.1 Å². The van der Waals surface area contributed by atoms with Crippen LogP contribution >= 0.6 is 0 Å². The number of esters is 1. The van der Waals surface area contributed by atoms with Crippen molar-refractivity contribution in [3.05, 3.63) is 29.3 Å². The van der Waals surface area contributed by atoms with Crippen LogP contribution in [0.1, 0.15) is 49.7 Å². The van der Waals surface area contributed by atoms with Crippen molar-refractivity contribution >= 4 is 16.0 Å². The number of fused-ring (bicyclic) bond motifs is 1.